The van der Waals surface area contributed by atoms with E-state index < -0.39 is 5.91 Å². The van der Waals surface area contributed by atoms with Crippen molar-refractivity contribution in [3.8, 4) is 0 Å². The molecule has 0 saturated heterocycles. The number of benzene rings is 2. The molecule has 3 aromatic rings. The summed E-state index contributed by atoms with van der Waals surface area (Å²) in [6.45, 7) is 4.19. The minimum atomic E-state index is -0.506. The Hall–Kier alpha value is -2.97. The molecule has 1 aliphatic rings. The van der Waals surface area contributed by atoms with Crippen LogP contribution in [0, 0.1) is 13.8 Å². The molecule has 1 amide bonds. The van der Waals surface area contributed by atoms with E-state index in [1.807, 2.05) is 28.9 Å². The number of primary amides is 1. The molecule has 2 unspecified atom stereocenters. The van der Waals surface area contributed by atoms with E-state index in [2.05, 4.69) is 47.2 Å². The van der Waals surface area contributed by atoms with Crippen molar-refractivity contribution in [1.82, 2.24) is 9.78 Å². The summed E-state index contributed by atoms with van der Waals surface area (Å²) >= 11 is 1.56. The molecule has 32 heavy (non-hydrogen) atoms. The second kappa shape index (κ2) is 9.67. The van der Waals surface area contributed by atoms with Crippen LogP contribution >= 0.6 is 11.9 Å². The van der Waals surface area contributed by atoms with Crippen LogP contribution in [-0.2, 0) is 0 Å². The van der Waals surface area contributed by atoms with Gasteiger partial charge in [0.25, 0.3) is 5.91 Å². The Balaban J connectivity index is 1.46. The molecule has 2 aromatic carbocycles. The molecule has 1 heterocycles. The maximum Gasteiger partial charge on any atom is 0.254 e. The molecule has 0 aliphatic heterocycles. The van der Waals surface area contributed by atoms with Crippen molar-refractivity contribution in [1.29, 1.82) is 0 Å². The lowest BCUT2D eigenvalue weighted by atomic mass is 9.91. The summed E-state index contributed by atoms with van der Waals surface area (Å²) in [6.07, 6.45) is 5.89. The van der Waals surface area contributed by atoms with Gasteiger partial charge in [-0.2, -0.15) is 5.10 Å². The number of carbonyl (C=O) groups is 1. The zero-order valence-corrected chi connectivity index (χ0v) is 19.3. The third-order valence-electron chi connectivity index (χ3n) is 5.99. The first-order valence-corrected chi connectivity index (χ1v) is 11.7. The number of nitrogens with zero attached hydrogens (tertiary/aromatic N) is 2. The highest BCUT2D eigenvalue weighted by Gasteiger charge is 2.26. The third-order valence-corrected chi connectivity index (χ3v) is 6.80. The van der Waals surface area contributed by atoms with Gasteiger partial charge in [0.2, 0.25) is 0 Å². The predicted molar refractivity (Wildman–Crippen MR) is 131 cm³/mol. The SMILES string of the molecule is Cc1cccc(C)c1NSc1ccc(Nc2nn(C3CCCCC3N)cc2C(N)=O)cc1. The fourth-order valence-corrected chi connectivity index (χ4v) is 4.95. The molecule has 2 atom stereocenters. The number of hydrogen-bond donors (Lipinski definition) is 4. The summed E-state index contributed by atoms with van der Waals surface area (Å²) in [5, 5.41) is 7.87. The van der Waals surface area contributed by atoms with Crippen LogP contribution in [0.25, 0.3) is 0 Å². The first kappa shape index (κ1) is 22.2. The first-order chi connectivity index (χ1) is 15.4. The molecule has 6 N–H and O–H groups in total. The lowest BCUT2D eigenvalue weighted by Crippen LogP contribution is -2.35. The van der Waals surface area contributed by atoms with Crippen molar-refractivity contribution >= 4 is 35.0 Å². The minimum Gasteiger partial charge on any atom is -0.365 e. The average Bonchev–Trinajstić information content (AvgIpc) is 3.19. The summed E-state index contributed by atoms with van der Waals surface area (Å²) in [7, 11) is 0. The Bertz CT molecular complexity index is 1070. The Morgan fingerprint density at radius 3 is 2.44 bits per heavy atom. The highest BCUT2D eigenvalue weighted by atomic mass is 32.2. The molecule has 8 heteroatoms. The number of aromatic nitrogens is 2. The third kappa shape index (κ3) is 4.92. The minimum absolute atomic E-state index is 0.0397. The molecule has 1 fully saturated rings. The fourth-order valence-electron chi connectivity index (χ4n) is 4.13. The predicted octanol–water partition coefficient (Wildman–Crippen LogP) is 4.90. The van der Waals surface area contributed by atoms with E-state index in [0.717, 1.165) is 42.0 Å². The number of carbonyl (C=O) groups excluding carboxylic acids is 1. The summed E-state index contributed by atoms with van der Waals surface area (Å²) in [5.74, 6) is -0.0440. The van der Waals surface area contributed by atoms with Crippen molar-refractivity contribution in [2.24, 2.45) is 11.5 Å². The van der Waals surface area contributed by atoms with Gasteiger partial charge in [-0.25, -0.2) is 0 Å². The molecule has 168 valence electrons. The maximum absolute atomic E-state index is 12.0. The number of amides is 1. The van der Waals surface area contributed by atoms with E-state index in [0.29, 0.717) is 11.4 Å². The molecule has 0 spiro atoms. The van der Waals surface area contributed by atoms with Crippen molar-refractivity contribution in [2.45, 2.75) is 56.5 Å². The van der Waals surface area contributed by atoms with Gasteiger partial charge < -0.3 is 21.5 Å². The molecule has 1 aromatic heterocycles. The van der Waals surface area contributed by atoms with Crippen LogP contribution in [0.4, 0.5) is 17.2 Å². The number of nitrogens with two attached hydrogens (primary N) is 2. The smallest absolute Gasteiger partial charge is 0.254 e. The van der Waals surface area contributed by atoms with Crippen LogP contribution in [0.2, 0.25) is 0 Å². The van der Waals surface area contributed by atoms with E-state index in [4.69, 9.17) is 11.5 Å². The van der Waals surface area contributed by atoms with Gasteiger partial charge in [0.15, 0.2) is 5.82 Å². The number of aryl methyl sites for hydroxylation is 2. The van der Waals surface area contributed by atoms with Gasteiger partial charge in [0, 0.05) is 22.8 Å². The van der Waals surface area contributed by atoms with Crippen molar-refractivity contribution < 1.29 is 4.79 Å². The van der Waals surface area contributed by atoms with Crippen LogP contribution in [0.1, 0.15) is 53.2 Å². The highest BCUT2D eigenvalue weighted by molar-refractivity contribution is 8.00. The number of nitrogens with one attached hydrogen (secondary N) is 2. The molecule has 7 nitrogen and oxygen atoms in total. The zero-order valence-electron chi connectivity index (χ0n) is 18.5. The normalized spacial score (nSPS) is 18.3. The average molecular weight is 451 g/mol. The summed E-state index contributed by atoms with van der Waals surface area (Å²) in [5.41, 5.74) is 16.7. The monoisotopic (exact) mass is 450 g/mol. The second-order valence-electron chi connectivity index (χ2n) is 8.37. The first-order valence-electron chi connectivity index (χ1n) is 10.9. The molecular formula is C24H30N6OS. The Kier molecular flexibility index (Phi) is 6.72. The molecular weight excluding hydrogens is 420 g/mol. The zero-order chi connectivity index (χ0) is 22.7. The van der Waals surface area contributed by atoms with Crippen molar-refractivity contribution in [3.63, 3.8) is 0 Å². The van der Waals surface area contributed by atoms with E-state index in [1.54, 1.807) is 18.1 Å². The molecule has 4 rings (SSSR count). The Labute approximate surface area is 193 Å². The summed E-state index contributed by atoms with van der Waals surface area (Å²) in [4.78, 5) is 13.1. The van der Waals surface area contributed by atoms with Crippen molar-refractivity contribution in [2.75, 3.05) is 10.0 Å². The van der Waals surface area contributed by atoms with Crippen molar-refractivity contribution in [3.05, 3.63) is 65.4 Å². The largest absolute Gasteiger partial charge is 0.365 e. The van der Waals surface area contributed by atoms with Gasteiger partial charge in [-0.3, -0.25) is 9.48 Å². The molecule has 1 saturated carbocycles. The maximum atomic E-state index is 12.0. The molecule has 1 aliphatic carbocycles. The van der Waals surface area contributed by atoms with Crippen LogP contribution in [0.3, 0.4) is 0 Å². The Morgan fingerprint density at radius 2 is 1.78 bits per heavy atom. The number of para-hydroxylation sites is 1. The quantitative estimate of drug-likeness (QED) is 0.381. The number of rotatable bonds is 7. The topological polar surface area (TPSA) is 111 Å². The van der Waals surface area contributed by atoms with Gasteiger partial charge >= 0.3 is 0 Å². The fraction of sp³-hybridized carbons (Fsp3) is 0.333. The van der Waals surface area contributed by atoms with E-state index in [-0.39, 0.29) is 12.1 Å². The lowest BCUT2D eigenvalue weighted by Gasteiger charge is -2.28. The van der Waals surface area contributed by atoms with Gasteiger partial charge in [0.05, 0.1) is 11.7 Å². The lowest BCUT2D eigenvalue weighted by molar-refractivity contribution is 0.100. The van der Waals surface area contributed by atoms with Gasteiger partial charge in [-0.1, -0.05) is 31.0 Å². The summed E-state index contributed by atoms with van der Waals surface area (Å²) < 4.78 is 5.25. The van der Waals surface area contributed by atoms with E-state index >= 15 is 0 Å². The van der Waals surface area contributed by atoms with Crippen LogP contribution < -0.4 is 21.5 Å². The van der Waals surface area contributed by atoms with Crippen LogP contribution in [0.15, 0.2) is 53.6 Å². The number of anilines is 3. The molecule has 0 radical (unpaired) electrons. The summed E-state index contributed by atoms with van der Waals surface area (Å²) in [6, 6.07) is 14.3. The van der Waals surface area contributed by atoms with E-state index in [1.165, 1.54) is 11.1 Å². The number of hydrogen-bond acceptors (Lipinski definition) is 6. The highest BCUT2D eigenvalue weighted by Crippen LogP contribution is 2.31. The van der Waals surface area contributed by atoms with Gasteiger partial charge in [0.1, 0.15) is 5.56 Å². The van der Waals surface area contributed by atoms with Crippen LogP contribution in [0.5, 0.6) is 0 Å². The molecule has 0 bridgehead atoms. The van der Waals surface area contributed by atoms with Gasteiger partial charge in [-0.15, -0.1) is 0 Å². The van der Waals surface area contributed by atoms with Crippen LogP contribution in [-0.4, -0.2) is 21.7 Å². The van der Waals surface area contributed by atoms with E-state index in [9.17, 15) is 4.79 Å². The Morgan fingerprint density at radius 1 is 1.09 bits per heavy atom. The standard InChI is InChI=1S/C24H30N6OS/c1-15-6-5-7-16(2)22(15)29-32-18-12-10-17(11-13-18)27-24-19(23(26)31)14-30(28-24)21-9-4-3-8-20(21)25/h5-7,10-14,20-21,29H,3-4,8-9,25H2,1-2H3,(H2,26,31)(H,27,28). The van der Waals surface area contributed by atoms with Gasteiger partial charge in [-0.05, 0) is 74.0 Å². The second-order valence-corrected chi connectivity index (χ2v) is 9.25.